The molecule has 21 heavy (non-hydrogen) atoms. The summed E-state index contributed by atoms with van der Waals surface area (Å²) in [6.45, 7) is 2.32. The third-order valence-electron chi connectivity index (χ3n) is 4.32. The number of tetrazole rings is 1. The fraction of sp³-hybridized carbons (Fsp3) is 0.533. The van der Waals surface area contributed by atoms with Gasteiger partial charge in [-0.2, -0.15) is 0 Å². The van der Waals surface area contributed by atoms with Gasteiger partial charge in [0, 0.05) is 16.3 Å². The predicted molar refractivity (Wildman–Crippen MR) is 84.0 cm³/mol. The van der Waals surface area contributed by atoms with Crippen LogP contribution in [0.3, 0.4) is 0 Å². The van der Waals surface area contributed by atoms with Crippen LogP contribution >= 0.6 is 11.6 Å². The molecule has 112 valence electrons. The van der Waals surface area contributed by atoms with Crippen molar-refractivity contribution < 1.29 is 0 Å². The number of halogens is 1. The van der Waals surface area contributed by atoms with E-state index in [-0.39, 0.29) is 0 Å². The first kappa shape index (κ1) is 14.3. The molecule has 0 aliphatic heterocycles. The minimum Gasteiger partial charge on any atom is -0.398 e. The van der Waals surface area contributed by atoms with Crippen LogP contribution in [0.5, 0.6) is 0 Å². The lowest BCUT2D eigenvalue weighted by molar-refractivity contribution is 0.394. The van der Waals surface area contributed by atoms with E-state index in [0.717, 1.165) is 30.1 Å². The minimum absolute atomic E-state index is 0.357. The van der Waals surface area contributed by atoms with Crippen molar-refractivity contribution in [3.05, 3.63) is 23.2 Å². The second-order valence-corrected chi connectivity index (χ2v) is 6.38. The van der Waals surface area contributed by atoms with Gasteiger partial charge in [-0.3, -0.25) is 0 Å². The molecule has 0 radical (unpaired) electrons. The predicted octanol–water partition coefficient (Wildman–Crippen LogP) is 3.72. The number of nitrogens with two attached hydrogens (primary N) is 1. The molecule has 1 saturated carbocycles. The fourth-order valence-corrected chi connectivity index (χ4v) is 3.25. The second kappa shape index (κ2) is 6.02. The molecular weight excluding hydrogens is 286 g/mol. The van der Waals surface area contributed by atoms with Crippen molar-refractivity contribution in [2.75, 3.05) is 5.73 Å². The first-order chi connectivity index (χ1) is 10.1. The van der Waals surface area contributed by atoms with E-state index < -0.39 is 0 Å². The number of rotatable bonds is 2. The van der Waals surface area contributed by atoms with Gasteiger partial charge >= 0.3 is 0 Å². The van der Waals surface area contributed by atoms with E-state index in [9.17, 15) is 0 Å². The van der Waals surface area contributed by atoms with Gasteiger partial charge in [-0.15, -0.1) is 5.10 Å². The van der Waals surface area contributed by atoms with Crippen LogP contribution in [0.2, 0.25) is 5.02 Å². The zero-order valence-corrected chi connectivity index (χ0v) is 12.9. The molecule has 0 bridgehead atoms. The number of hydrogen-bond acceptors (Lipinski definition) is 4. The molecule has 5 nitrogen and oxygen atoms in total. The summed E-state index contributed by atoms with van der Waals surface area (Å²) < 4.78 is 1.94. The average Bonchev–Trinajstić information content (AvgIpc) is 2.82. The molecule has 0 amide bonds. The summed E-state index contributed by atoms with van der Waals surface area (Å²) in [6.07, 6.45) is 5.97. The van der Waals surface area contributed by atoms with Crippen molar-refractivity contribution in [1.29, 1.82) is 0 Å². The smallest absolute Gasteiger partial charge is 0.184 e. The van der Waals surface area contributed by atoms with Crippen molar-refractivity contribution in [3.8, 4) is 11.4 Å². The van der Waals surface area contributed by atoms with Gasteiger partial charge < -0.3 is 5.73 Å². The van der Waals surface area contributed by atoms with Crippen LogP contribution in [0.15, 0.2) is 18.2 Å². The molecule has 1 aliphatic rings. The maximum Gasteiger partial charge on any atom is 0.184 e. The third kappa shape index (κ3) is 3.02. The van der Waals surface area contributed by atoms with E-state index in [1.807, 2.05) is 16.8 Å². The Labute approximate surface area is 129 Å². The topological polar surface area (TPSA) is 69.6 Å². The van der Waals surface area contributed by atoms with E-state index in [2.05, 4.69) is 22.4 Å². The van der Waals surface area contributed by atoms with Crippen molar-refractivity contribution >= 4 is 17.3 Å². The van der Waals surface area contributed by atoms with Crippen molar-refractivity contribution in [2.45, 2.75) is 45.1 Å². The zero-order valence-electron chi connectivity index (χ0n) is 12.2. The third-order valence-corrected chi connectivity index (χ3v) is 4.56. The molecule has 2 unspecified atom stereocenters. The number of benzene rings is 1. The lowest BCUT2D eigenvalue weighted by atomic mass is 10.0. The normalized spacial score (nSPS) is 23.0. The van der Waals surface area contributed by atoms with Crippen LogP contribution in [0, 0.1) is 5.92 Å². The summed E-state index contributed by atoms with van der Waals surface area (Å²) in [4.78, 5) is 0. The monoisotopic (exact) mass is 305 g/mol. The van der Waals surface area contributed by atoms with Crippen LogP contribution in [0.25, 0.3) is 11.4 Å². The Kier molecular flexibility index (Phi) is 4.10. The zero-order chi connectivity index (χ0) is 14.8. The minimum atomic E-state index is 0.357. The van der Waals surface area contributed by atoms with E-state index in [1.165, 1.54) is 19.3 Å². The van der Waals surface area contributed by atoms with Gasteiger partial charge in [0.2, 0.25) is 0 Å². The van der Waals surface area contributed by atoms with Gasteiger partial charge in [0.15, 0.2) is 5.82 Å². The van der Waals surface area contributed by atoms with Gasteiger partial charge in [0.25, 0.3) is 0 Å². The lowest BCUT2D eigenvalue weighted by Crippen LogP contribution is -2.12. The van der Waals surface area contributed by atoms with Crippen LogP contribution in [-0.2, 0) is 0 Å². The molecule has 0 saturated heterocycles. The van der Waals surface area contributed by atoms with E-state index in [4.69, 9.17) is 17.3 Å². The Morgan fingerprint density at radius 1 is 1.24 bits per heavy atom. The van der Waals surface area contributed by atoms with Crippen LogP contribution < -0.4 is 5.73 Å². The summed E-state index contributed by atoms with van der Waals surface area (Å²) in [5, 5.41) is 12.9. The largest absolute Gasteiger partial charge is 0.398 e. The summed E-state index contributed by atoms with van der Waals surface area (Å²) >= 11 is 5.97. The van der Waals surface area contributed by atoms with Gasteiger partial charge in [-0.1, -0.05) is 31.4 Å². The van der Waals surface area contributed by atoms with Gasteiger partial charge in [-0.25, -0.2) is 4.68 Å². The highest BCUT2D eigenvalue weighted by Crippen LogP contribution is 2.33. The molecular formula is C15H20ClN5. The molecule has 2 aromatic rings. The standard InChI is InChI=1S/C15H20ClN5/c1-10-3-2-4-12(7-5-10)21-15(18-19-20-21)13-8-6-11(16)9-14(13)17/h6,8-10,12H,2-5,7,17H2,1H3. The van der Waals surface area contributed by atoms with E-state index in [1.54, 1.807) is 6.07 Å². The molecule has 1 aromatic heterocycles. The number of hydrogen-bond donors (Lipinski definition) is 1. The van der Waals surface area contributed by atoms with Gasteiger partial charge in [0.05, 0.1) is 6.04 Å². The SMILES string of the molecule is CC1CCCC(n2nnnc2-c2ccc(Cl)cc2N)CC1. The van der Waals surface area contributed by atoms with E-state index >= 15 is 0 Å². The Hall–Kier alpha value is -1.62. The molecule has 6 heteroatoms. The van der Waals surface area contributed by atoms with Crippen molar-refractivity contribution in [1.82, 2.24) is 20.2 Å². The molecule has 1 aromatic carbocycles. The molecule has 2 atom stereocenters. The summed E-state index contributed by atoms with van der Waals surface area (Å²) in [7, 11) is 0. The summed E-state index contributed by atoms with van der Waals surface area (Å²) in [5.41, 5.74) is 7.53. The number of aromatic nitrogens is 4. The fourth-order valence-electron chi connectivity index (χ4n) is 3.07. The molecule has 3 rings (SSSR count). The van der Waals surface area contributed by atoms with Crippen molar-refractivity contribution in [2.24, 2.45) is 5.92 Å². The van der Waals surface area contributed by atoms with Crippen LogP contribution in [0.4, 0.5) is 5.69 Å². The molecule has 1 aliphatic carbocycles. The Morgan fingerprint density at radius 2 is 2.10 bits per heavy atom. The van der Waals surface area contributed by atoms with Crippen molar-refractivity contribution in [3.63, 3.8) is 0 Å². The van der Waals surface area contributed by atoms with Gasteiger partial charge in [-0.05, 0) is 53.8 Å². The number of nitrogens with zero attached hydrogens (tertiary/aromatic N) is 4. The average molecular weight is 306 g/mol. The number of anilines is 1. The van der Waals surface area contributed by atoms with Gasteiger partial charge in [0.1, 0.15) is 0 Å². The highest BCUT2D eigenvalue weighted by molar-refractivity contribution is 6.31. The molecule has 2 N–H and O–H groups in total. The first-order valence-electron chi connectivity index (χ1n) is 7.48. The maximum absolute atomic E-state index is 6.07. The highest BCUT2D eigenvalue weighted by Gasteiger charge is 2.22. The Bertz CT molecular complexity index is 624. The quantitative estimate of drug-likeness (QED) is 0.678. The van der Waals surface area contributed by atoms with E-state index in [0.29, 0.717) is 16.8 Å². The Balaban J connectivity index is 1.93. The lowest BCUT2D eigenvalue weighted by Gasteiger charge is -2.16. The Morgan fingerprint density at radius 3 is 2.90 bits per heavy atom. The van der Waals surface area contributed by atoms with Crippen LogP contribution in [0.1, 0.15) is 45.1 Å². The van der Waals surface area contributed by atoms with Crippen LogP contribution in [-0.4, -0.2) is 20.2 Å². The number of nitrogen functional groups attached to an aromatic ring is 1. The summed E-state index contributed by atoms with van der Waals surface area (Å²) in [6, 6.07) is 5.81. The highest BCUT2D eigenvalue weighted by atomic mass is 35.5. The molecule has 1 heterocycles. The molecule has 0 spiro atoms. The maximum atomic E-state index is 6.07. The molecule has 1 fully saturated rings. The summed E-state index contributed by atoms with van der Waals surface area (Å²) in [5.74, 6) is 1.53. The first-order valence-corrected chi connectivity index (χ1v) is 7.86. The second-order valence-electron chi connectivity index (χ2n) is 5.95.